The zero-order valence-corrected chi connectivity index (χ0v) is 33.9. The third-order valence-corrected chi connectivity index (χ3v) is 10.5. The fourth-order valence-electron chi connectivity index (χ4n) is 6.98. The summed E-state index contributed by atoms with van der Waals surface area (Å²) in [5.74, 6) is -6.88. The van der Waals surface area contributed by atoms with Gasteiger partial charge in [-0.15, -0.1) is 0 Å². The molecular formula is C47H44F3N5O9. The van der Waals surface area contributed by atoms with Crippen molar-refractivity contribution in [2.45, 2.75) is 68.2 Å². The first-order chi connectivity index (χ1) is 30.5. The Labute approximate surface area is 364 Å². The Balaban J connectivity index is 1.39. The maximum Gasteiger partial charge on any atom is 0.416 e. The second-order valence-electron chi connectivity index (χ2n) is 15.2. The molecule has 17 heteroatoms. The first kappa shape index (κ1) is 46.1. The van der Waals surface area contributed by atoms with Gasteiger partial charge in [0.25, 0.3) is 11.8 Å². The van der Waals surface area contributed by atoms with E-state index in [0.717, 1.165) is 35.4 Å². The molecule has 64 heavy (non-hydrogen) atoms. The van der Waals surface area contributed by atoms with E-state index < -0.39 is 90.0 Å². The van der Waals surface area contributed by atoms with Crippen LogP contribution in [-0.4, -0.2) is 87.2 Å². The van der Waals surface area contributed by atoms with Gasteiger partial charge in [-0.05, 0) is 57.6 Å². The molecule has 0 saturated carbocycles. The maximum atomic E-state index is 14.5. The molecule has 6 atom stereocenters. The van der Waals surface area contributed by atoms with Gasteiger partial charge < -0.3 is 41.9 Å². The van der Waals surface area contributed by atoms with Crippen LogP contribution in [0.3, 0.4) is 0 Å². The van der Waals surface area contributed by atoms with Crippen molar-refractivity contribution in [3.63, 3.8) is 0 Å². The second kappa shape index (κ2) is 20.7. The minimum Gasteiger partial charge on any atom is -0.480 e. The number of nitrogens with one attached hydrogen (secondary N) is 5. The number of hydrogen-bond donors (Lipinski definition) is 8. The van der Waals surface area contributed by atoms with Gasteiger partial charge in [0, 0.05) is 31.4 Å². The summed E-state index contributed by atoms with van der Waals surface area (Å²) in [6.07, 6.45) is -10.6. The van der Waals surface area contributed by atoms with Crippen molar-refractivity contribution in [1.82, 2.24) is 21.3 Å². The predicted molar refractivity (Wildman–Crippen MR) is 227 cm³/mol. The highest BCUT2D eigenvalue weighted by atomic mass is 19.4. The quantitative estimate of drug-likeness (QED) is 0.107. The number of halogens is 3. The summed E-state index contributed by atoms with van der Waals surface area (Å²) in [7, 11) is 0. The molecule has 0 unspecified atom stereocenters. The van der Waals surface area contributed by atoms with Crippen LogP contribution in [0.2, 0.25) is 0 Å². The van der Waals surface area contributed by atoms with Crippen LogP contribution in [0.1, 0.15) is 27.8 Å². The molecule has 2 aliphatic heterocycles. The minimum atomic E-state index is -4.69. The summed E-state index contributed by atoms with van der Waals surface area (Å²) >= 11 is 0. The van der Waals surface area contributed by atoms with Crippen molar-refractivity contribution in [3.8, 4) is 11.1 Å². The highest BCUT2D eigenvalue weighted by Gasteiger charge is 2.36. The number of rotatable bonds is 8. The number of carboxylic acid groups (broad SMARTS) is 1. The maximum absolute atomic E-state index is 14.5. The van der Waals surface area contributed by atoms with Crippen LogP contribution in [0.25, 0.3) is 11.1 Å². The van der Waals surface area contributed by atoms with Crippen LogP contribution in [0.15, 0.2) is 133 Å². The number of carbonyl (C=O) groups is 6. The lowest BCUT2D eigenvalue weighted by Crippen LogP contribution is -2.60. The van der Waals surface area contributed by atoms with E-state index in [1.165, 1.54) is 24.3 Å². The van der Waals surface area contributed by atoms with Gasteiger partial charge in [-0.2, -0.15) is 13.2 Å². The van der Waals surface area contributed by atoms with Crippen LogP contribution >= 0.6 is 0 Å². The van der Waals surface area contributed by atoms with Crippen molar-refractivity contribution in [2.75, 3.05) is 5.32 Å². The third-order valence-electron chi connectivity index (χ3n) is 10.5. The molecule has 0 aliphatic carbocycles. The predicted octanol–water partition coefficient (Wildman–Crippen LogP) is 3.34. The lowest BCUT2D eigenvalue weighted by atomic mass is 9.98. The van der Waals surface area contributed by atoms with Gasteiger partial charge in [0.15, 0.2) is 12.2 Å². The van der Waals surface area contributed by atoms with Crippen molar-refractivity contribution in [2.24, 2.45) is 0 Å². The molecule has 0 saturated heterocycles. The fourth-order valence-corrected chi connectivity index (χ4v) is 6.98. The van der Waals surface area contributed by atoms with Crippen LogP contribution in [-0.2, 0) is 60.6 Å². The van der Waals surface area contributed by atoms with Crippen molar-refractivity contribution in [3.05, 3.63) is 161 Å². The second-order valence-corrected chi connectivity index (χ2v) is 15.2. The number of aliphatic carboxylic acids is 1. The van der Waals surface area contributed by atoms with E-state index >= 15 is 0 Å². The van der Waals surface area contributed by atoms with Crippen molar-refractivity contribution in [1.29, 1.82) is 0 Å². The molecule has 5 aromatic carbocycles. The molecule has 7 rings (SSSR count). The Bertz CT molecular complexity index is 2440. The van der Waals surface area contributed by atoms with E-state index in [-0.39, 0.29) is 30.5 Å². The molecule has 0 radical (unpaired) electrons. The summed E-state index contributed by atoms with van der Waals surface area (Å²) in [6, 6.07) is 28.0. The molecule has 0 aromatic heterocycles. The number of hydrogen-bond acceptors (Lipinski definition) is 8. The van der Waals surface area contributed by atoms with E-state index in [1.54, 1.807) is 54.6 Å². The van der Waals surface area contributed by atoms with E-state index in [0.29, 0.717) is 16.7 Å². The molecule has 332 valence electrons. The molecule has 14 nitrogen and oxygen atoms in total. The number of carboxylic acids is 1. The monoisotopic (exact) mass is 879 g/mol. The lowest BCUT2D eigenvalue weighted by molar-refractivity contribution is -0.145. The number of anilines is 1. The highest BCUT2D eigenvalue weighted by Crippen LogP contribution is 2.29. The smallest absolute Gasteiger partial charge is 0.416 e. The van der Waals surface area contributed by atoms with E-state index in [2.05, 4.69) is 26.6 Å². The molecule has 5 amide bonds. The highest BCUT2D eigenvalue weighted by molar-refractivity contribution is 6.00. The van der Waals surface area contributed by atoms with Crippen LogP contribution in [0, 0.1) is 0 Å². The van der Waals surface area contributed by atoms with Gasteiger partial charge in [-0.1, -0.05) is 109 Å². The average Bonchev–Trinajstić information content (AvgIpc) is 3.28. The standard InChI is InChI=1S/C47H44F3N5O9/c48-47(49,50)33-19-13-29(14-20-33)25-37-42(59)53-36(24-28-11-17-32(18-12-28)31-9-5-2-6-10-31)41(58)52-35(23-27-7-3-1-4-8-27)43(60)55-38(46(63)64)26-30-15-21-34(22-16-30)51-44(61)39(56)40(57)45(62)54-37/h1-22,35-40,56-57H,23-26H2,(H,51,61)(H,52,58)(H,53,59)(H,54,62)(H,55,60)(H,63,64)/t35-,36+,37-,38+,39-,40-/m1/s1. The first-order valence-corrected chi connectivity index (χ1v) is 20.1. The zero-order valence-electron chi connectivity index (χ0n) is 33.9. The average molecular weight is 880 g/mol. The van der Waals surface area contributed by atoms with Crippen LogP contribution in [0.4, 0.5) is 18.9 Å². The number of fused-ring (bicyclic) bond motifs is 18. The number of aliphatic hydroxyl groups is 2. The first-order valence-electron chi connectivity index (χ1n) is 20.1. The summed E-state index contributed by atoms with van der Waals surface area (Å²) in [5, 5.41) is 44.0. The normalized spacial score (nSPS) is 21.6. The minimum absolute atomic E-state index is 0.0770. The van der Waals surface area contributed by atoms with Gasteiger partial charge >= 0.3 is 12.1 Å². The molecule has 5 aromatic rings. The Morgan fingerprint density at radius 1 is 0.516 bits per heavy atom. The molecule has 2 bridgehead atoms. The third kappa shape index (κ3) is 12.4. The molecule has 2 aliphatic rings. The Hall–Kier alpha value is -7.37. The summed E-state index contributed by atoms with van der Waals surface area (Å²) in [6.45, 7) is 0. The Kier molecular flexibility index (Phi) is 14.9. The zero-order chi connectivity index (χ0) is 46.0. The SMILES string of the molecule is O=C(O)[C@@H]1Cc2ccc(cc2)NC(=O)[C@H](O)[C@@H](O)C(=O)N[C@H](Cc2ccc(C(F)(F)F)cc2)C(=O)N[C@@H](Cc2ccc(-c3ccccc3)cc2)C(=O)N[C@H](Cc2ccccc2)C(=O)N1. The van der Waals surface area contributed by atoms with E-state index in [4.69, 9.17) is 0 Å². The molecule has 8 N–H and O–H groups in total. The number of amides is 5. The van der Waals surface area contributed by atoms with Gasteiger partial charge in [-0.3, -0.25) is 24.0 Å². The van der Waals surface area contributed by atoms with Crippen molar-refractivity contribution >= 4 is 41.2 Å². The topological polar surface area (TPSA) is 223 Å². The van der Waals surface area contributed by atoms with Gasteiger partial charge in [0.2, 0.25) is 17.7 Å². The Morgan fingerprint density at radius 2 is 0.938 bits per heavy atom. The molecule has 0 spiro atoms. The molecule has 0 fully saturated rings. The summed E-state index contributed by atoms with van der Waals surface area (Å²) in [5.41, 5.74) is 2.45. The number of alkyl halides is 3. The van der Waals surface area contributed by atoms with Gasteiger partial charge in [-0.25, -0.2) is 4.79 Å². The Morgan fingerprint density at radius 3 is 1.44 bits per heavy atom. The number of carbonyl (C=O) groups excluding carboxylic acids is 5. The van der Waals surface area contributed by atoms with Gasteiger partial charge in [0.1, 0.15) is 24.2 Å². The number of benzene rings is 5. The van der Waals surface area contributed by atoms with Gasteiger partial charge in [0.05, 0.1) is 5.56 Å². The van der Waals surface area contributed by atoms with E-state index in [1.807, 2.05) is 30.3 Å². The summed E-state index contributed by atoms with van der Waals surface area (Å²) in [4.78, 5) is 81.7. The van der Waals surface area contributed by atoms with E-state index in [9.17, 15) is 57.3 Å². The molecule has 2 heterocycles. The number of aliphatic hydroxyl groups excluding tert-OH is 2. The largest absolute Gasteiger partial charge is 0.480 e. The summed E-state index contributed by atoms with van der Waals surface area (Å²) < 4.78 is 40.3. The van der Waals surface area contributed by atoms with Crippen molar-refractivity contribution < 1.29 is 57.3 Å². The van der Waals surface area contributed by atoms with Crippen LogP contribution < -0.4 is 26.6 Å². The fraction of sp³-hybridized carbons (Fsp3) is 0.234. The molecular weight excluding hydrogens is 836 g/mol. The lowest BCUT2D eigenvalue weighted by Gasteiger charge is -2.27. The van der Waals surface area contributed by atoms with Crippen LogP contribution in [0.5, 0.6) is 0 Å².